The van der Waals surface area contributed by atoms with Crippen LogP contribution in [0.1, 0.15) is 17.4 Å². The molecule has 0 unspecified atom stereocenters. The molecule has 3 aromatic rings. The average Bonchev–Trinajstić information content (AvgIpc) is 2.74. The highest BCUT2D eigenvalue weighted by Crippen LogP contribution is 2.39. The number of pyridine rings is 2. The Balaban J connectivity index is 2.16. The Morgan fingerprint density at radius 3 is 2.30 bits per heavy atom. The Bertz CT molecular complexity index is 1050. The van der Waals surface area contributed by atoms with Crippen LogP contribution < -0.4 is 25.3 Å². The molecular formula is C21H21ClN4O4. The maximum absolute atomic E-state index is 12.1. The van der Waals surface area contributed by atoms with Gasteiger partial charge >= 0.3 is 0 Å². The van der Waals surface area contributed by atoms with Gasteiger partial charge < -0.3 is 25.3 Å². The lowest BCUT2D eigenvalue weighted by Crippen LogP contribution is -2.15. The molecule has 1 amide bonds. The number of rotatable bonds is 8. The molecule has 0 saturated heterocycles. The van der Waals surface area contributed by atoms with Gasteiger partial charge in [0.2, 0.25) is 5.88 Å². The number of halogens is 1. The molecule has 0 saturated carbocycles. The Morgan fingerprint density at radius 2 is 1.70 bits per heavy atom. The zero-order chi connectivity index (χ0) is 21.7. The van der Waals surface area contributed by atoms with Gasteiger partial charge in [-0.2, -0.15) is 0 Å². The van der Waals surface area contributed by atoms with Crippen molar-refractivity contribution in [3.63, 3.8) is 0 Å². The summed E-state index contributed by atoms with van der Waals surface area (Å²) in [6, 6.07) is 12.1. The number of para-hydroxylation sites is 1. The number of nitrogens with two attached hydrogens (primary N) is 1. The van der Waals surface area contributed by atoms with E-state index in [9.17, 15) is 4.79 Å². The fourth-order valence-corrected chi connectivity index (χ4v) is 3.06. The Kier molecular flexibility index (Phi) is 6.58. The van der Waals surface area contributed by atoms with Crippen LogP contribution in [0.2, 0.25) is 5.15 Å². The number of hydrogen-bond donors (Lipinski definition) is 2. The number of nitrogens with zero attached hydrogens (tertiary/aromatic N) is 2. The number of amides is 1. The number of carbonyl (C=O) groups is 1. The van der Waals surface area contributed by atoms with E-state index in [-0.39, 0.29) is 10.8 Å². The zero-order valence-corrected chi connectivity index (χ0v) is 17.5. The molecule has 3 N–H and O–H groups in total. The smallest absolute Gasteiger partial charge is 0.268 e. The standard InChI is InChI=1S/C21H21ClN4O4/c1-4-30-17-11-9-12(18(25-17)20(23)27)13-8-10-16(22)24-21(13)26-19-14(28-2)6-5-7-15(19)29-3/h5-11H,4H2,1-3H3,(H2,23,27)(H,24,26). The van der Waals surface area contributed by atoms with Crippen molar-refractivity contribution < 1.29 is 19.0 Å². The zero-order valence-electron chi connectivity index (χ0n) is 16.7. The Labute approximate surface area is 179 Å². The van der Waals surface area contributed by atoms with Gasteiger partial charge in [0.05, 0.1) is 20.8 Å². The molecule has 0 aliphatic carbocycles. The summed E-state index contributed by atoms with van der Waals surface area (Å²) in [5, 5.41) is 3.46. The minimum absolute atomic E-state index is 0.0557. The number of aromatic nitrogens is 2. The third-order valence-electron chi connectivity index (χ3n) is 4.22. The molecule has 156 valence electrons. The lowest BCUT2D eigenvalue weighted by molar-refractivity contribution is 0.0995. The minimum Gasteiger partial charge on any atom is -0.494 e. The van der Waals surface area contributed by atoms with Crippen LogP contribution in [-0.2, 0) is 0 Å². The molecule has 3 rings (SSSR count). The third-order valence-corrected chi connectivity index (χ3v) is 4.43. The van der Waals surface area contributed by atoms with Crippen molar-refractivity contribution >= 4 is 29.0 Å². The van der Waals surface area contributed by atoms with E-state index in [0.29, 0.717) is 46.6 Å². The summed E-state index contributed by atoms with van der Waals surface area (Å²) in [6.45, 7) is 2.23. The lowest BCUT2D eigenvalue weighted by atomic mass is 10.0. The highest BCUT2D eigenvalue weighted by atomic mass is 35.5. The first-order valence-corrected chi connectivity index (χ1v) is 9.44. The summed E-state index contributed by atoms with van der Waals surface area (Å²) >= 11 is 6.15. The number of hydrogen-bond acceptors (Lipinski definition) is 7. The Morgan fingerprint density at radius 1 is 1.03 bits per heavy atom. The summed E-state index contributed by atoms with van der Waals surface area (Å²) in [4.78, 5) is 20.7. The topological polar surface area (TPSA) is 109 Å². The quantitative estimate of drug-likeness (QED) is 0.521. The third kappa shape index (κ3) is 4.38. The molecule has 30 heavy (non-hydrogen) atoms. The van der Waals surface area contributed by atoms with Gasteiger partial charge in [-0.1, -0.05) is 17.7 Å². The predicted molar refractivity (Wildman–Crippen MR) is 115 cm³/mol. The van der Waals surface area contributed by atoms with Crippen molar-refractivity contribution in [3.8, 4) is 28.5 Å². The highest BCUT2D eigenvalue weighted by molar-refractivity contribution is 6.29. The summed E-state index contributed by atoms with van der Waals surface area (Å²) in [7, 11) is 3.10. The van der Waals surface area contributed by atoms with Crippen LogP contribution in [0.4, 0.5) is 11.5 Å². The number of carbonyl (C=O) groups excluding carboxylic acids is 1. The summed E-state index contributed by atoms with van der Waals surface area (Å²) in [6.07, 6.45) is 0. The van der Waals surface area contributed by atoms with E-state index in [2.05, 4.69) is 15.3 Å². The van der Waals surface area contributed by atoms with Gasteiger partial charge in [0.15, 0.2) is 0 Å². The van der Waals surface area contributed by atoms with E-state index in [1.165, 1.54) is 0 Å². The van der Waals surface area contributed by atoms with Crippen LogP contribution in [0.15, 0.2) is 42.5 Å². The average molecular weight is 429 g/mol. The van der Waals surface area contributed by atoms with E-state index >= 15 is 0 Å². The van der Waals surface area contributed by atoms with Crippen LogP contribution >= 0.6 is 11.6 Å². The second kappa shape index (κ2) is 9.32. The predicted octanol–water partition coefficient (Wildman–Crippen LogP) is 4.06. The van der Waals surface area contributed by atoms with Gasteiger partial charge in [-0.05, 0) is 37.3 Å². The van der Waals surface area contributed by atoms with Crippen LogP contribution in [0.5, 0.6) is 17.4 Å². The SMILES string of the molecule is CCOc1ccc(-c2ccc(Cl)nc2Nc2c(OC)cccc2OC)c(C(N)=O)n1. The molecule has 2 heterocycles. The van der Waals surface area contributed by atoms with Gasteiger partial charge in [0.1, 0.15) is 33.9 Å². The van der Waals surface area contributed by atoms with Gasteiger partial charge in [0.25, 0.3) is 5.91 Å². The van der Waals surface area contributed by atoms with E-state index in [1.54, 1.807) is 56.7 Å². The van der Waals surface area contributed by atoms with Crippen LogP contribution in [0, 0.1) is 0 Å². The summed E-state index contributed by atoms with van der Waals surface area (Å²) in [5.74, 6) is 1.07. The highest BCUT2D eigenvalue weighted by Gasteiger charge is 2.19. The maximum Gasteiger partial charge on any atom is 0.268 e. The van der Waals surface area contributed by atoms with Crippen molar-refractivity contribution in [2.24, 2.45) is 5.73 Å². The number of methoxy groups -OCH3 is 2. The first-order valence-electron chi connectivity index (χ1n) is 9.07. The second-order valence-electron chi connectivity index (χ2n) is 6.04. The van der Waals surface area contributed by atoms with Crippen LogP contribution in [0.25, 0.3) is 11.1 Å². The monoisotopic (exact) mass is 428 g/mol. The molecule has 0 radical (unpaired) electrons. The van der Waals surface area contributed by atoms with Crippen molar-refractivity contribution in [1.82, 2.24) is 9.97 Å². The minimum atomic E-state index is -0.692. The van der Waals surface area contributed by atoms with Crippen LogP contribution in [-0.4, -0.2) is 36.7 Å². The molecule has 0 fully saturated rings. The molecule has 8 nitrogen and oxygen atoms in total. The van der Waals surface area contributed by atoms with Crippen molar-refractivity contribution in [2.45, 2.75) is 6.92 Å². The van der Waals surface area contributed by atoms with E-state index in [0.717, 1.165) is 0 Å². The van der Waals surface area contributed by atoms with E-state index < -0.39 is 5.91 Å². The molecule has 2 aromatic heterocycles. The normalized spacial score (nSPS) is 10.4. The van der Waals surface area contributed by atoms with Gasteiger partial charge in [-0.25, -0.2) is 9.97 Å². The molecule has 0 bridgehead atoms. The molecule has 0 spiro atoms. The fraction of sp³-hybridized carbons (Fsp3) is 0.190. The van der Waals surface area contributed by atoms with E-state index in [4.69, 9.17) is 31.5 Å². The molecule has 0 atom stereocenters. The largest absolute Gasteiger partial charge is 0.494 e. The molecule has 0 aliphatic heterocycles. The number of benzene rings is 1. The van der Waals surface area contributed by atoms with Gasteiger partial charge in [-0.3, -0.25) is 4.79 Å². The molecule has 9 heteroatoms. The first kappa shape index (κ1) is 21.2. The first-order chi connectivity index (χ1) is 14.5. The van der Waals surface area contributed by atoms with E-state index in [1.807, 2.05) is 6.92 Å². The number of nitrogens with one attached hydrogen (secondary N) is 1. The molecular weight excluding hydrogens is 408 g/mol. The number of anilines is 2. The maximum atomic E-state index is 12.1. The van der Waals surface area contributed by atoms with Gasteiger partial charge in [0, 0.05) is 17.2 Å². The van der Waals surface area contributed by atoms with Crippen molar-refractivity contribution in [1.29, 1.82) is 0 Å². The number of primary amides is 1. The molecule has 1 aromatic carbocycles. The Hall–Kier alpha value is -3.52. The van der Waals surface area contributed by atoms with Crippen LogP contribution in [0.3, 0.4) is 0 Å². The lowest BCUT2D eigenvalue weighted by Gasteiger charge is -2.17. The van der Waals surface area contributed by atoms with Gasteiger partial charge in [-0.15, -0.1) is 0 Å². The van der Waals surface area contributed by atoms with Crippen molar-refractivity contribution in [2.75, 3.05) is 26.1 Å². The summed E-state index contributed by atoms with van der Waals surface area (Å²) in [5.41, 5.74) is 7.23. The fourth-order valence-electron chi connectivity index (χ4n) is 2.92. The number of ether oxygens (including phenoxy) is 3. The second-order valence-corrected chi connectivity index (χ2v) is 6.42. The molecule has 0 aliphatic rings. The summed E-state index contributed by atoms with van der Waals surface area (Å²) < 4.78 is 16.3. The van der Waals surface area contributed by atoms with Crippen molar-refractivity contribution in [3.05, 3.63) is 53.3 Å².